The van der Waals surface area contributed by atoms with Gasteiger partial charge in [-0.15, -0.1) is 0 Å². The number of esters is 1. The molecule has 1 amide bonds. The van der Waals surface area contributed by atoms with Crippen molar-refractivity contribution in [3.8, 4) is 0 Å². The van der Waals surface area contributed by atoms with Crippen molar-refractivity contribution < 1.29 is 23.2 Å². The van der Waals surface area contributed by atoms with Gasteiger partial charge in [-0.1, -0.05) is 19.1 Å². The number of carbonyl (C=O) groups is 2. The van der Waals surface area contributed by atoms with Gasteiger partial charge >= 0.3 is 11.6 Å². The number of aryl methyl sites for hydroxylation is 1. The zero-order chi connectivity index (χ0) is 20.4. The van der Waals surface area contributed by atoms with Gasteiger partial charge in [0.15, 0.2) is 0 Å². The monoisotopic (exact) mass is 395 g/mol. The fourth-order valence-electron chi connectivity index (χ4n) is 3.55. The fourth-order valence-corrected chi connectivity index (χ4v) is 3.55. The highest BCUT2D eigenvalue weighted by atomic mass is 16.5. The van der Waals surface area contributed by atoms with Gasteiger partial charge in [0.25, 0.3) is 0 Å². The number of benzene rings is 1. The predicted molar refractivity (Wildman–Crippen MR) is 104 cm³/mol. The van der Waals surface area contributed by atoms with Crippen LogP contribution in [0.2, 0.25) is 0 Å². The van der Waals surface area contributed by atoms with E-state index < -0.39 is 17.5 Å². The van der Waals surface area contributed by atoms with Gasteiger partial charge in [-0.3, -0.25) is 9.59 Å². The van der Waals surface area contributed by atoms with Crippen LogP contribution in [-0.4, -0.2) is 23.3 Å². The Balaban J connectivity index is 1.43. The summed E-state index contributed by atoms with van der Waals surface area (Å²) in [6.45, 7) is 2.59. The number of fused-ring (bicyclic) bond motifs is 1. The van der Waals surface area contributed by atoms with Crippen LogP contribution in [0.5, 0.6) is 0 Å². The van der Waals surface area contributed by atoms with Crippen LogP contribution in [-0.2, 0) is 33.9 Å². The Morgan fingerprint density at radius 3 is 2.86 bits per heavy atom. The number of furan rings is 1. The molecule has 1 aliphatic rings. The molecule has 0 unspecified atom stereocenters. The van der Waals surface area contributed by atoms with Gasteiger partial charge in [-0.05, 0) is 30.2 Å². The molecule has 0 radical (unpaired) electrons. The van der Waals surface area contributed by atoms with Crippen molar-refractivity contribution in [2.75, 3.05) is 6.54 Å². The van der Waals surface area contributed by atoms with E-state index in [2.05, 4.69) is 0 Å². The van der Waals surface area contributed by atoms with Crippen LogP contribution >= 0.6 is 0 Å². The van der Waals surface area contributed by atoms with Crippen molar-refractivity contribution >= 4 is 22.8 Å². The smallest absolute Gasteiger partial charge is 0.336 e. The first-order valence-corrected chi connectivity index (χ1v) is 9.56. The highest BCUT2D eigenvalue weighted by Gasteiger charge is 2.35. The highest BCUT2D eigenvalue weighted by molar-refractivity contribution is 5.87. The molecule has 29 heavy (non-hydrogen) atoms. The Labute approximate surface area is 166 Å². The average molecular weight is 395 g/mol. The van der Waals surface area contributed by atoms with E-state index in [1.54, 1.807) is 23.3 Å². The van der Waals surface area contributed by atoms with Crippen LogP contribution in [0, 0.1) is 5.92 Å². The van der Waals surface area contributed by atoms with Crippen molar-refractivity contribution in [1.29, 1.82) is 0 Å². The van der Waals surface area contributed by atoms with Crippen LogP contribution in [0.3, 0.4) is 0 Å². The van der Waals surface area contributed by atoms with Crippen LogP contribution < -0.4 is 5.63 Å². The molecule has 1 fully saturated rings. The van der Waals surface area contributed by atoms with Crippen LogP contribution in [0.4, 0.5) is 0 Å². The van der Waals surface area contributed by atoms with E-state index >= 15 is 0 Å². The van der Waals surface area contributed by atoms with Crippen molar-refractivity contribution in [3.63, 3.8) is 0 Å². The number of carbonyl (C=O) groups excluding carboxylic acids is 2. The Hall–Kier alpha value is -3.35. The minimum Gasteiger partial charge on any atom is -0.467 e. The van der Waals surface area contributed by atoms with E-state index in [9.17, 15) is 14.4 Å². The maximum absolute atomic E-state index is 12.5. The summed E-state index contributed by atoms with van der Waals surface area (Å²) in [7, 11) is 0. The molecule has 1 saturated heterocycles. The number of ether oxygens (including phenoxy) is 1. The molecule has 0 bridgehead atoms. The second-order valence-corrected chi connectivity index (χ2v) is 7.14. The molecule has 0 N–H and O–H groups in total. The first-order chi connectivity index (χ1) is 14.0. The highest BCUT2D eigenvalue weighted by Crippen LogP contribution is 2.24. The van der Waals surface area contributed by atoms with E-state index in [1.807, 2.05) is 25.1 Å². The molecule has 150 valence electrons. The lowest BCUT2D eigenvalue weighted by Gasteiger charge is -2.15. The van der Waals surface area contributed by atoms with Gasteiger partial charge in [-0.2, -0.15) is 0 Å². The normalized spacial score (nSPS) is 16.5. The van der Waals surface area contributed by atoms with E-state index in [4.69, 9.17) is 13.6 Å². The van der Waals surface area contributed by atoms with Crippen molar-refractivity contribution in [1.82, 2.24) is 4.90 Å². The van der Waals surface area contributed by atoms with E-state index in [0.717, 1.165) is 17.4 Å². The molecule has 7 heteroatoms. The maximum atomic E-state index is 12.5. The molecule has 2 aromatic heterocycles. The zero-order valence-electron chi connectivity index (χ0n) is 16.1. The summed E-state index contributed by atoms with van der Waals surface area (Å²) in [6, 6.07) is 10.5. The lowest BCUT2D eigenvalue weighted by Crippen LogP contribution is -2.26. The predicted octanol–water partition coefficient (Wildman–Crippen LogP) is 3.04. The third-order valence-corrected chi connectivity index (χ3v) is 5.15. The summed E-state index contributed by atoms with van der Waals surface area (Å²) in [5.41, 5.74) is 1.63. The van der Waals surface area contributed by atoms with Crippen LogP contribution in [0.15, 0.2) is 56.3 Å². The summed E-state index contributed by atoms with van der Waals surface area (Å²) >= 11 is 0. The summed E-state index contributed by atoms with van der Waals surface area (Å²) in [5.74, 6) is -0.426. The number of rotatable bonds is 6. The largest absolute Gasteiger partial charge is 0.467 e. The average Bonchev–Trinajstić information content (AvgIpc) is 3.35. The summed E-state index contributed by atoms with van der Waals surface area (Å²) in [4.78, 5) is 38.2. The quantitative estimate of drug-likeness (QED) is 0.471. The van der Waals surface area contributed by atoms with Crippen molar-refractivity contribution in [2.24, 2.45) is 5.92 Å². The minimum absolute atomic E-state index is 0.0463. The Kier molecular flexibility index (Phi) is 5.20. The van der Waals surface area contributed by atoms with E-state index in [1.165, 1.54) is 6.07 Å². The van der Waals surface area contributed by atoms with Gasteiger partial charge in [0.05, 0.1) is 18.7 Å². The Bertz CT molecular complexity index is 1100. The molecular weight excluding hydrogens is 374 g/mol. The van der Waals surface area contributed by atoms with Crippen LogP contribution in [0.25, 0.3) is 11.0 Å². The minimum atomic E-state index is -0.532. The fraction of sp³-hybridized carbons (Fsp3) is 0.318. The molecule has 1 aliphatic heterocycles. The molecule has 0 spiro atoms. The number of hydrogen-bond acceptors (Lipinski definition) is 6. The Morgan fingerprint density at radius 2 is 2.10 bits per heavy atom. The third-order valence-electron chi connectivity index (χ3n) is 5.15. The lowest BCUT2D eigenvalue weighted by atomic mass is 10.1. The summed E-state index contributed by atoms with van der Waals surface area (Å²) < 4.78 is 16.0. The molecule has 0 aliphatic carbocycles. The van der Waals surface area contributed by atoms with E-state index in [0.29, 0.717) is 23.5 Å². The number of amides is 1. The maximum Gasteiger partial charge on any atom is 0.336 e. The summed E-state index contributed by atoms with van der Waals surface area (Å²) in [6.07, 6.45) is 2.48. The third kappa shape index (κ3) is 4.08. The molecular formula is C22H21NO6. The van der Waals surface area contributed by atoms with Gasteiger partial charge in [0.1, 0.15) is 18.0 Å². The molecule has 7 nitrogen and oxygen atoms in total. The van der Waals surface area contributed by atoms with Crippen molar-refractivity contribution in [3.05, 3.63) is 70.0 Å². The Morgan fingerprint density at radius 1 is 1.24 bits per heavy atom. The number of likely N-dealkylation sites (tertiary alicyclic amines) is 1. The molecule has 3 aromatic rings. The molecule has 1 atom stereocenters. The first kappa shape index (κ1) is 19.0. The van der Waals surface area contributed by atoms with E-state index in [-0.39, 0.29) is 25.5 Å². The number of hydrogen-bond donors (Lipinski definition) is 0. The molecule has 0 saturated carbocycles. The standard InChI is InChI=1S/C22H21NO6/c1-2-14-5-6-18-16(10-21(25)29-19(18)8-14)13-28-22(26)15-9-20(24)23(11-15)12-17-4-3-7-27-17/h3-8,10,15H,2,9,11-13H2,1H3/t15-/m1/s1. The topological polar surface area (TPSA) is 90.0 Å². The summed E-state index contributed by atoms with van der Waals surface area (Å²) in [5, 5.41) is 0.733. The zero-order valence-corrected chi connectivity index (χ0v) is 16.1. The molecule has 1 aromatic carbocycles. The van der Waals surface area contributed by atoms with Gasteiger partial charge < -0.3 is 18.5 Å². The number of nitrogens with zero attached hydrogens (tertiary/aromatic N) is 1. The first-order valence-electron chi connectivity index (χ1n) is 9.56. The van der Waals surface area contributed by atoms with Gasteiger partial charge in [0.2, 0.25) is 5.91 Å². The van der Waals surface area contributed by atoms with Gasteiger partial charge in [0, 0.05) is 30.0 Å². The molecule has 4 rings (SSSR count). The SMILES string of the molecule is CCc1ccc2c(COC(=O)[C@@H]3CC(=O)N(Cc4ccco4)C3)cc(=O)oc2c1. The van der Waals surface area contributed by atoms with Gasteiger partial charge in [-0.25, -0.2) is 4.79 Å². The van der Waals surface area contributed by atoms with Crippen LogP contribution in [0.1, 0.15) is 30.2 Å². The van der Waals surface area contributed by atoms with Crippen molar-refractivity contribution in [2.45, 2.75) is 32.9 Å². The second kappa shape index (κ2) is 7.95. The molecule has 3 heterocycles. The second-order valence-electron chi connectivity index (χ2n) is 7.14. The lowest BCUT2D eigenvalue weighted by molar-refractivity contribution is -0.149.